The molecule has 0 aliphatic carbocycles. The molecule has 1 heterocycles. The molecule has 0 saturated carbocycles. The van der Waals surface area contributed by atoms with Crippen LogP contribution < -0.4 is 9.64 Å². The number of ether oxygens (including phenoxy) is 1. The van der Waals surface area contributed by atoms with Crippen molar-refractivity contribution in [3.8, 4) is 16.9 Å². The minimum absolute atomic E-state index is 0.744. The van der Waals surface area contributed by atoms with Crippen LogP contribution in [0.15, 0.2) is 42.5 Å². The van der Waals surface area contributed by atoms with E-state index in [2.05, 4.69) is 22.9 Å². The average molecular weight is 310 g/mol. The van der Waals surface area contributed by atoms with Crippen molar-refractivity contribution in [2.24, 2.45) is 0 Å². The molecule has 0 spiro atoms. The molecule has 120 valence electrons. The smallest absolute Gasteiger partial charge is 0.152 e. The molecule has 0 amide bonds. The number of hydrogen-bond acceptors (Lipinski definition) is 4. The molecular weight excluding hydrogens is 288 g/mol. The SMILES string of the molecule is COc1ccccc1-c1ccc(C=O)c(N2CCN(C)CC2)c1. The molecule has 3 rings (SSSR count). The number of hydrogen-bond donors (Lipinski definition) is 0. The van der Waals surface area contributed by atoms with E-state index in [-0.39, 0.29) is 0 Å². The Bertz CT molecular complexity index is 692. The summed E-state index contributed by atoms with van der Waals surface area (Å²) >= 11 is 0. The molecule has 0 N–H and O–H groups in total. The summed E-state index contributed by atoms with van der Waals surface area (Å²) in [6.07, 6.45) is 0.944. The van der Waals surface area contributed by atoms with Gasteiger partial charge in [0.15, 0.2) is 6.29 Å². The molecule has 1 fully saturated rings. The highest BCUT2D eigenvalue weighted by molar-refractivity contribution is 5.88. The first-order valence-electron chi connectivity index (χ1n) is 7.89. The zero-order chi connectivity index (χ0) is 16.2. The number of likely N-dealkylation sites (N-methyl/N-ethyl adjacent to an activating group) is 1. The van der Waals surface area contributed by atoms with Crippen LogP contribution in [0.5, 0.6) is 5.75 Å². The van der Waals surface area contributed by atoms with E-state index in [9.17, 15) is 4.79 Å². The lowest BCUT2D eigenvalue weighted by molar-refractivity contribution is 0.112. The van der Waals surface area contributed by atoms with Crippen LogP contribution in [0.4, 0.5) is 5.69 Å². The van der Waals surface area contributed by atoms with Crippen molar-refractivity contribution >= 4 is 12.0 Å². The topological polar surface area (TPSA) is 32.8 Å². The second kappa shape index (κ2) is 6.84. The van der Waals surface area contributed by atoms with Gasteiger partial charge in [-0.2, -0.15) is 0 Å². The zero-order valence-electron chi connectivity index (χ0n) is 13.7. The lowest BCUT2D eigenvalue weighted by Crippen LogP contribution is -2.44. The van der Waals surface area contributed by atoms with Crippen LogP contribution in [0.2, 0.25) is 0 Å². The van der Waals surface area contributed by atoms with Gasteiger partial charge in [0.25, 0.3) is 0 Å². The molecule has 4 nitrogen and oxygen atoms in total. The van der Waals surface area contributed by atoms with Crippen LogP contribution in [-0.2, 0) is 0 Å². The third-order valence-corrected chi connectivity index (χ3v) is 4.42. The molecule has 0 aromatic heterocycles. The Labute approximate surface area is 137 Å². The minimum atomic E-state index is 0.744. The van der Waals surface area contributed by atoms with Gasteiger partial charge in [0, 0.05) is 43.0 Å². The van der Waals surface area contributed by atoms with Crippen molar-refractivity contribution in [1.29, 1.82) is 0 Å². The van der Waals surface area contributed by atoms with E-state index in [1.54, 1.807) is 7.11 Å². The van der Waals surface area contributed by atoms with E-state index in [1.165, 1.54) is 0 Å². The minimum Gasteiger partial charge on any atom is -0.496 e. The zero-order valence-corrected chi connectivity index (χ0v) is 13.7. The molecule has 23 heavy (non-hydrogen) atoms. The Hall–Kier alpha value is -2.33. The van der Waals surface area contributed by atoms with Gasteiger partial charge in [-0.05, 0) is 30.8 Å². The van der Waals surface area contributed by atoms with Crippen molar-refractivity contribution in [3.63, 3.8) is 0 Å². The summed E-state index contributed by atoms with van der Waals surface area (Å²) < 4.78 is 5.47. The number of piperazine rings is 1. The number of methoxy groups -OCH3 is 1. The first kappa shape index (κ1) is 15.6. The third kappa shape index (κ3) is 3.22. The number of aldehydes is 1. The number of carbonyl (C=O) groups is 1. The third-order valence-electron chi connectivity index (χ3n) is 4.42. The average Bonchev–Trinajstić information content (AvgIpc) is 2.62. The maximum absolute atomic E-state index is 11.4. The summed E-state index contributed by atoms with van der Waals surface area (Å²) in [5.74, 6) is 0.843. The molecule has 0 unspecified atom stereocenters. The van der Waals surface area contributed by atoms with Crippen LogP contribution in [0, 0.1) is 0 Å². The number of nitrogens with zero attached hydrogens (tertiary/aromatic N) is 2. The molecule has 2 aromatic rings. The van der Waals surface area contributed by atoms with E-state index in [1.807, 2.05) is 36.4 Å². The second-order valence-electron chi connectivity index (χ2n) is 5.88. The highest BCUT2D eigenvalue weighted by atomic mass is 16.5. The van der Waals surface area contributed by atoms with Crippen LogP contribution >= 0.6 is 0 Å². The number of rotatable bonds is 4. The second-order valence-corrected chi connectivity index (χ2v) is 5.88. The summed E-state index contributed by atoms with van der Waals surface area (Å²) in [6.45, 7) is 3.90. The number of carbonyl (C=O) groups excluding carboxylic acids is 1. The molecule has 2 aromatic carbocycles. The maximum atomic E-state index is 11.4. The van der Waals surface area contributed by atoms with Crippen LogP contribution in [0.25, 0.3) is 11.1 Å². The number of para-hydroxylation sites is 1. The fraction of sp³-hybridized carbons (Fsp3) is 0.316. The lowest BCUT2D eigenvalue weighted by Gasteiger charge is -2.35. The highest BCUT2D eigenvalue weighted by Crippen LogP contribution is 2.33. The van der Waals surface area contributed by atoms with E-state index in [0.29, 0.717) is 0 Å². The van der Waals surface area contributed by atoms with Gasteiger partial charge in [-0.15, -0.1) is 0 Å². The normalized spacial score (nSPS) is 15.5. The first-order chi connectivity index (χ1) is 11.2. The van der Waals surface area contributed by atoms with Crippen molar-refractivity contribution in [1.82, 2.24) is 4.90 Å². The van der Waals surface area contributed by atoms with E-state index >= 15 is 0 Å². The quantitative estimate of drug-likeness (QED) is 0.813. The monoisotopic (exact) mass is 310 g/mol. The van der Waals surface area contributed by atoms with Crippen molar-refractivity contribution < 1.29 is 9.53 Å². The van der Waals surface area contributed by atoms with Crippen molar-refractivity contribution in [3.05, 3.63) is 48.0 Å². The number of anilines is 1. The summed E-state index contributed by atoms with van der Waals surface area (Å²) in [5.41, 5.74) is 3.87. The van der Waals surface area contributed by atoms with Crippen molar-refractivity contribution in [2.45, 2.75) is 0 Å². The molecule has 1 saturated heterocycles. The van der Waals surface area contributed by atoms with E-state index in [4.69, 9.17) is 4.74 Å². The Balaban J connectivity index is 2.00. The van der Waals surface area contributed by atoms with Gasteiger partial charge in [-0.1, -0.05) is 24.3 Å². The molecule has 1 aliphatic rings. The van der Waals surface area contributed by atoms with Gasteiger partial charge in [0.05, 0.1) is 7.11 Å². The van der Waals surface area contributed by atoms with Gasteiger partial charge in [0.2, 0.25) is 0 Å². The van der Waals surface area contributed by atoms with Gasteiger partial charge in [-0.3, -0.25) is 4.79 Å². The lowest BCUT2D eigenvalue weighted by atomic mass is 10.0. The molecular formula is C19H22N2O2. The summed E-state index contributed by atoms with van der Waals surface area (Å²) in [4.78, 5) is 16.0. The van der Waals surface area contributed by atoms with Gasteiger partial charge in [0.1, 0.15) is 5.75 Å². The van der Waals surface area contributed by atoms with Crippen molar-refractivity contribution in [2.75, 3.05) is 45.2 Å². The predicted molar refractivity (Wildman–Crippen MR) is 93.5 cm³/mol. The number of benzene rings is 2. The fourth-order valence-corrected chi connectivity index (χ4v) is 3.02. The standard InChI is InChI=1S/C19H22N2O2/c1-20-9-11-21(12-10-20)18-13-15(7-8-16(18)14-22)17-5-3-4-6-19(17)23-2/h3-8,13-14H,9-12H2,1-2H3. The van der Waals surface area contributed by atoms with E-state index < -0.39 is 0 Å². The molecule has 0 bridgehead atoms. The Kier molecular flexibility index (Phi) is 4.63. The van der Waals surface area contributed by atoms with Crippen LogP contribution in [0.1, 0.15) is 10.4 Å². The summed E-state index contributed by atoms with van der Waals surface area (Å²) in [6, 6.07) is 14.0. The van der Waals surface area contributed by atoms with Gasteiger partial charge >= 0.3 is 0 Å². The molecule has 0 radical (unpaired) electrons. The first-order valence-corrected chi connectivity index (χ1v) is 7.89. The van der Waals surface area contributed by atoms with Crippen LogP contribution in [-0.4, -0.2) is 51.5 Å². The predicted octanol–water partition coefficient (Wildman–Crippen LogP) is 2.93. The van der Waals surface area contributed by atoms with Gasteiger partial charge in [-0.25, -0.2) is 0 Å². The van der Waals surface area contributed by atoms with Crippen LogP contribution in [0.3, 0.4) is 0 Å². The largest absolute Gasteiger partial charge is 0.496 e. The molecule has 0 atom stereocenters. The Morgan fingerprint density at radius 2 is 1.78 bits per heavy atom. The summed E-state index contributed by atoms with van der Waals surface area (Å²) in [7, 11) is 3.81. The van der Waals surface area contributed by atoms with E-state index in [0.717, 1.165) is 60.6 Å². The van der Waals surface area contributed by atoms with Gasteiger partial charge < -0.3 is 14.5 Å². The summed E-state index contributed by atoms with van der Waals surface area (Å²) in [5, 5.41) is 0. The highest BCUT2D eigenvalue weighted by Gasteiger charge is 2.18. The Morgan fingerprint density at radius 1 is 1.04 bits per heavy atom. The fourth-order valence-electron chi connectivity index (χ4n) is 3.02. The maximum Gasteiger partial charge on any atom is 0.152 e. The molecule has 1 aliphatic heterocycles. The molecule has 4 heteroatoms. The Morgan fingerprint density at radius 3 is 2.48 bits per heavy atom.